The first-order chi connectivity index (χ1) is 13.9. The molecule has 0 N–H and O–H groups in total. The summed E-state index contributed by atoms with van der Waals surface area (Å²) in [5.41, 5.74) is 3.01. The summed E-state index contributed by atoms with van der Waals surface area (Å²) in [7, 11) is 0. The van der Waals surface area contributed by atoms with Crippen LogP contribution < -0.4 is 4.90 Å². The summed E-state index contributed by atoms with van der Waals surface area (Å²) >= 11 is 0. The topological polar surface area (TPSA) is 54.5 Å². The second-order valence-corrected chi connectivity index (χ2v) is 7.10. The van der Waals surface area contributed by atoms with Gasteiger partial charge in [-0.15, -0.1) is 0 Å². The van der Waals surface area contributed by atoms with Gasteiger partial charge in [0.2, 0.25) is 0 Å². The van der Waals surface area contributed by atoms with Crippen LogP contribution in [0.25, 0.3) is 16.9 Å². The lowest BCUT2D eigenvalue weighted by atomic mass is 10.1. The van der Waals surface area contributed by atoms with Crippen LogP contribution in [-0.2, 0) is 6.54 Å². The Bertz CT molecular complexity index is 1030. The molecule has 0 atom stereocenters. The Kier molecular flexibility index (Phi) is 4.50. The molecular formula is C21H23N7. The number of rotatable bonds is 5. The van der Waals surface area contributed by atoms with Gasteiger partial charge < -0.3 is 9.47 Å². The molecule has 28 heavy (non-hydrogen) atoms. The number of aromatic nitrogens is 5. The summed E-state index contributed by atoms with van der Waals surface area (Å²) in [4.78, 5) is 13.8. The zero-order chi connectivity index (χ0) is 18.8. The highest BCUT2D eigenvalue weighted by Crippen LogP contribution is 2.25. The normalized spacial score (nSPS) is 15.4. The van der Waals surface area contributed by atoms with Gasteiger partial charge in [-0.05, 0) is 0 Å². The van der Waals surface area contributed by atoms with Crippen LogP contribution in [0.4, 0.5) is 5.82 Å². The number of imidazole rings is 1. The van der Waals surface area contributed by atoms with Crippen molar-refractivity contribution in [3.63, 3.8) is 0 Å². The molecule has 5 rings (SSSR count). The van der Waals surface area contributed by atoms with Crippen molar-refractivity contribution in [3.8, 4) is 11.3 Å². The molecule has 1 aliphatic rings. The van der Waals surface area contributed by atoms with Crippen LogP contribution in [0.2, 0.25) is 0 Å². The van der Waals surface area contributed by atoms with E-state index in [0.29, 0.717) is 0 Å². The van der Waals surface area contributed by atoms with Gasteiger partial charge in [0.15, 0.2) is 5.65 Å². The van der Waals surface area contributed by atoms with Crippen LogP contribution in [0, 0.1) is 0 Å². The predicted octanol–water partition coefficient (Wildman–Crippen LogP) is 2.42. The standard InChI is InChI=1S/C21H23N7/c1-2-4-18(5-3-1)19-16-21(28-20(24-19)6-7-23-28)27-14-12-25(13-15-27)10-11-26-9-8-22-17-26/h1-9,16-17H,10-15H2. The molecule has 7 heteroatoms. The van der Waals surface area contributed by atoms with E-state index in [4.69, 9.17) is 4.98 Å². The summed E-state index contributed by atoms with van der Waals surface area (Å²) in [6.07, 6.45) is 7.56. The van der Waals surface area contributed by atoms with Crippen molar-refractivity contribution in [3.05, 3.63) is 67.4 Å². The SMILES string of the molecule is c1ccc(-c2cc(N3CCN(CCn4ccnc4)CC3)n3nccc3n2)cc1. The minimum Gasteiger partial charge on any atom is -0.354 e. The van der Waals surface area contributed by atoms with Crippen LogP contribution in [-0.4, -0.2) is 61.8 Å². The summed E-state index contributed by atoms with van der Waals surface area (Å²) < 4.78 is 4.09. The fourth-order valence-corrected chi connectivity index (χ4v) is 3.76. The van der Waals surface area contributed by atoms with E-state index in [0.717, 1.165) is 62.0 Å². The molecule has 1 fully saturated rings. The maximum Gasteiger partial charge on any atom is 0.157 e. The second kappa shape index (κ2) is 7.44. The van der Waals surface area contributed by atoms with E-state index in [1.807, 2.05) is 41.6 Å². The zero-order valence-electron chi connectivity index (χ0n) is 15.7. The molecule has 4 heterocycles. The van der Waals surface area contributed by atoms with E-state index in [-0.39, 0.29) is 0 Å². The first kappa shape index (κ1) is 16.9. The van der Waals surface area contributed by atoms with Crippen molar-refractivity contribution in [2.75, 3.05) is 37.6 Å². The predicted molar refractivity (Wildman–Crippen MR) is 109 cm³/mol. The molecule has 3 aromatic heterocycles. The number of benzene rings is 1. The molecule has 1 aromatic carbocycles. The smallest absolute Gasteiger partial charge is 0.157 e. The van der Waals surface area contributed by atoms with Crippen molar-refractivity contribution in [1.29, 1.82) is 0 Å². The Morgan fingerprint density at radius 1 is 0.893 bits per heavy atom. The first-order valence-electron chi connectivity index (χ1n) is 9.70. The molecule has 142 valence electrons. The number of hydrogen-bond donors (Lipinski definition) is 0. The van der Waals surface area contributed by atoms with Crippen LogP contribution in [0.1, 0.15) is 0 Å². The highest BCUT2D eigenvalue weighted by atomic mass is 15.4. The highest BCUT2D eigenvalue weighted by Gasteiger charge is 2.20. The van der Waals surface area contributed by atoms with Gasteiger partial charge in [0.05, 0.1) is 18.2 Å². The van der Waals surface area contributed by atoms with Gasteiger partial charge in [0, 0.05) is 69.4 Å². The fourth-order valence-electron chi connectivity index (χ4n) is 3.76. The number of nitrogens with zero attached hydrogens (tertiary/aromatic N) is 7. The molecule has 7 nitrogen and oxygen atoms in total. The molecule has 0 spiro atoms. The highest BCUT2D eigenvalue weighted by molar-refractivity contribution is 5.66. The average molecular weight is 373 g/mol. The molecule has 0 amide bonds. The third-order valence-electron chi connectivity index (χ3n) is 5.34. The van der Waals surface area contributed by atoms with Crippen molar-refractivity contribution in [2.24, 2.45) is 0 Å². The summed E-state index contributed by atoms with van der Waals surface area (Å²) in [5.74, 6) is 1.11. The quantitative estimate of drug-likeness (QED) is 0.538. The number of hydrogen-bond acceptors (Lipinski definition) is 5. The molecule has 0 aliphatic carbocycles. The third kappa shape index (κ3) is 3.36. The minimum absolute atomic E-state index is 0.888. The second-order valence-electron chi connectivity index (χ2n) is 7.10. The van der Waals surface area contributed by atoms with Crippen LogP contribution >= 0.6 is 0 Å². The van der Waals surface area contributed by atoms with Gasteiger partial charge in [-0.25, -0.2) is 9.97 Å². The maximum atomic E-state index is 4.79. The lowest BCUT2D eigenvalue weighted by Crippen LogP contribution is -2.47. The van der Waals surface area contributed by atoms with Crippen molar-refractivity contribution in [1.82, 2.24) is 29.0 Å². The van der Waals surface area contributed by atoms with Gasteiger partial charge in [0.25, 0.3) is 0 Å². The van der Waals surface area contributed by atoms with Crippen molar-refractivity contribution < 1.29 is 0 Å². The van der Waals surface area contributed by atoms with E-state index >= 15 is 0 Å². The van der Waals surface area contributed by atoms with E-state index in [1.165, 1.54) is 0 Å². The van der Waals surface area contributed by atoms with Gasteiger partial charge in [-0.1, -0.05) is 30.3 Å². The lowest BCUT2D eigenvalue weighted by Gasteiger charge is -2.36. The van der Waals surface area contributed by atoms with Crippen LogP contribution in [0.5, 0.6) is 0 Å². The Morgan fingerprint density at radius 2 is 1.75 bits per heavy atom. The number of fused-ring (bicyclic) bond motifs is 1. The maximum absolute atomic E-state index is 4.79. The van der Waals surface area contributed by atoms with E-state index < -0.39 is 0 Å². The lowest BCUT2D eigenvalue weighted by molar-refractivity contribution is 0.247. The number of anilines is 1. The Hall–Kier alpha value is -3.19. The molecular weight excluding hydrogens is 350 g/mol. The summed E-state index contributed by atoms with van der Waals surface area (Å²) in [6.45, 7) is 6.08. The summed E-state index contributed by atoms with van der Waals surface area (Å²) in [6, 6.07) is 14.5. The third-order valence-corrected chi connectivity index (χ3v) is 5.34. The molecule has 0 unspecified atom stereocenters. The average Bonchev–Trinajstić information content (AvgIpc) is 3.44. The molecule has 1 saturated heterocycles. The Morgan fingerprint density at radius 3 is 2.54 bits per heavy atom. The molecule has 0 radical (unpaired) electrons. The zero-order valence-corrected chi connectivity index (χ0v) is 15.7. The van der Waals surface area contributed by atoms with Gasteiger partial charge in [-0.3, -0.25) is 4.90 Å². The van der Waals surface area contributed by atoms with Gasteiger partial charge in [-0.2, -0.15) is 9.61 Å². The van der Waals surface area contributed by atoms with Crippen LogP contribution in [0.3, 0.4) is 0 Å². The van der Waals surface area contributed by atoms with E-state index in [9.17, 15) is 0 Å². The van der Waals surface area contributed by atoms with Crippen LogP contribution in [0.15, 0.2) is 67.4 Å². The van der Waals surface area contributed by atoms with E-state index in [2.05, 4.69) is 54.8 Å². The Balaban J connectivity index is 1.34. The van der Waals surface area contributed by atoms with Gasteiger partial charge in [0.1, 0.15) is 5.82 Å². The van der Waals surface area contributed by atoms with Crippen molar-refractivity contribution in [2.45, 2.75) is 6.54 Å². The largest absolute Gasteiger partial charge is 0.354 e. The molecule has 0 bridgehead atoms. The number of piperazine rings is 1. The minimum atomic E-state index is 0.888. The van der Waals surface area contributed by atoms with E-state index in [1.54, 1.807) is 0 Å². The first-order valence-corrected chi connectivity index (χ1v) is 9.70. The molecule has 0 saturated carbocycles. The molecule has 1 aliphatic heterocycles. The Labute approximate surface area is 163 Å². The fraction of sp³-hybridized carbons (Fsp3) is 0.286. The van der Waals surface area contributed by atoms with Crippen molar-refractivity contribution >= 4 is 11.5 Å². The monoisotopic (exact) mass is 373 g/mol. The molecule has 4 aromatic rings. The summed E-state index contributed by atoms with van der Waals surface area (Å²) in [5, 5.41) is 4.51. The van der Waals surface area contributed by atoms with Gasteiger partial charge >= 0.3 is 0 Å².